The van der Waals surface area contributed by atoms with Crippen molar-refractivity contribution in [3.63, 3.8) is 0 Å². The summed E-state index contributed by atoms with van der Waals surface area (Å²) < 4.78 is 0. The molecule has 1 saturated heterocycles. The maximum absolute atomic E-state index is 11.0. The van der Waals surface area contributed by atoms with Crippen LogP contribution in [-0.4, -0.2) is 41.0 Å². The van der Waals surface area contributed by atoms with Gasteiger partial charge in [-0.2, -0.15) is 0 Å². The molecular weight excluding hydrogens is 178 g/mol. The van der Waals surface area contributed by atoms with Gasteiger partial charge in [0.05, 0.1) is 6.10 Å². The van der Waals surface area contributed by atoms with Crippen LogP contribution in [0.4, 0.5) is 0 Å². The number of hydrogen-bond donors (Lipinski definition) is 1. The summed E-state index contributed by atoms with van der Waals surface area (Å²) in [6.07, 6.45) is 1.41. The first-order valence-corrected chi connectivity index (χ1v) is 5.42. The Balaban J connectivity index is 2.41. The molecule has 1 rings (SSSR count). The number of hydrogen-bond acceptors (Lipinski definition) is 3. The van der Waals surface area contributed by atoms with Gasteiger partial charge in [-0.15, -0.1) is 0 Å². The minimum atomic E-state index is -0.224. The monoisotopic (exact) mass is 199 g/mol. The number of carbonyl (C=O) groups is 1. The van der Waals surface area contributed by atoms with Crippen molar-refractivity contribution in [1.82, 2.24) is 4.90 Å². The SMILES string of the molecule is CC(=O)CC(C)N1CCC(C)C(O)C1. The van der Waals surface area contributed by atoms with E-state index in [-0.39, 0.29) is 17.9 Å². The maximum Gasteiger partial charge on any atom is 0.131 e. The van der Waals surface area contributed by atoms with Gasteiger partial charge >= 0.3 is 0 Å². The number of carbonyl (C=O) groups excluding carboxylic acids is 1. The molecule has 3 nitrogen and oxygen atoms in total. The lowest BCUT2D eigenvalue weighted by atomic mass is 9.94. The molecule has 1 heterocycles. The Kier molecular flexibility index (Phi) is 4.08. The van der Waals surface area contributed by atoms with Crippen molar-refractivity contribution >= 4 is 5.78 Å². The molecule has 0 spiro atoms. The fourth-order valence-electron chi connectivity index (χ4n) is 2.02. The Morgan fingerprint density at radius 3 is 2.79 bits per heavy atom. The second kappa shape index (κ2) is 4.89. The van der Waals surface area contributed by atoms with Gasteiger partial charge in [-0.1, -0.05) is 6.92 Å². The molecule has 0 aromatic rings. The lowest BCUT2D eigenvalue weighted by Crippen LogP contribution is -2.47. The van der Waals surface area contributed by atoms with Gasteiger partial charge in [-0.25, -0.2) is 0 Å². The third kappa shape index (κ3) is 3.07. The summed E-state index contributed by atoms with van der Waals surface area (Å²) in [6, 6.07) is 0.273. The first kappa shape index (κ1) is 11.7. The Morgan fingerprint density at radius 1 is 1.64 bits per heavy atom. The number of nitrogens with zero attached hydrogens (tertiary/aromatic N) is 1. The van der Waals surface area contributed by atoms with Crippen LogP contribution in [0, 0.1) is 5.92 Å². The average Bonchev–Trinajstić information content (AvgIpc) is 2.08. The molecule has 1 aliphatic heterocycles. The molecule has 3 atom stereocenters. The van der Waals surface area contributed by atoms with Crippen LogP contribution in [0.25, 0.3) is 0 Å². The van der Waals surface area contributed by atoms with E-state index in [1.807, 2.05) is 0 Å². The quantitative estimate of drug-likeness (QED) is 0.739. The Morgan fingerprint density at radius 2 is 2.29 bits per heavy atom. The number of likely N-dealkylation sites (tertiary alicyclic amines) is 1. The van der Waals surface area contributed by atoms with E-state index in [0.717, 1.165) is 19.5 Å². The van der Waals surface area contributed by atoms with Gasteiger partial charge in [0.15, 0.2) is 0 Å². The number of aliphatic hydroxyl groups excluding tert-OH is 1. The predicted molar refractivity (Wildman–Crippen MR) is 56.1 cm³/mol. The van der Waals surface area contributed by atoms with Crippen molar-refractivity contribution < 1.29 is 9.90 Å². The zero-order chi connectivity index (χ0) is 10.7. The number of β-amino-alcohol motifs (C(OH)–C–C–N with tert-alkyl or cyclic N) is 1. The molecule has 0 aromatic carbocycles. The summed E-state index contributed by atoms with van der Waals surface area (Å²) in [5.74, 6) is 0.626. The molecule has 0 saturated carbocycles. The lowest BCUT2D eigenvalue weighted by molar-refractivity contribution is -0.118. The fourth-order valence-corrected chi connectivity index (χ4v) is 2.02. The molecule has 0 radical (unpaired) electrons. The summed E-state index contributed by atoms with van der Waals surface area (Å²) in [5, 5.41) is 9.70. The largest absolute Gasteiger partial charge is 0.392 e. The van der Waals surface area contributed by atoms with Crippen LogP contribution < -0.4 is 0 Å². The van der Waals surface area contributed by atoms with Crippen LogP contribution in [0.15, 0.2) is 0 Å². The molecule has 1 aliphatic rings. The van der Waals surface area contributed by atoms with E-state index in [1.54, 1.807) is 6.92 Å². The van der Waals surface area contributed by atoms with E-state index in [2.05, 4.69) is 18.7 Å². The topological polar surface area (TPSA) is 40.5 Å². The van der Waals surface area contributed by atoms with E-state index in [4.69, 9.17) is 0 Å². The summed E-state index contributed by atoms with van der Waals surface area (Å²) in [5.41, 5.74) is 0. The highest BCUT2D eigenvalue weighted by Gasteiger charge is 2.27. The fraction of sp³-hybridized carbons (Fsp3) is 0.909. The van der Waals surface area contributed by atoms with Crippen LogP contribution in [0.5, 0.6) is 0 Å². The molecule has 0 aliphatic carbocycles. The van der Waals surface area contributed by atoms with E-state index in [9.17, 15) is 9.90 Å². The molecule has 3 heteroatoms. The second-order valence-corrected chi connectivity index (χ2v) is 4.58. The first-order valence-electron chi connectivity index (χ1n) is 5.42. The van der Waals surface area contributed by atoms with Gasteiger partial charge in [-0.05, 0) is 32.7 Å². The molecule has 0 aromatic heterocycles. The highest BCUT2D eigenvalue weighted by atomic mass is 16.3. The first-order chi connectivity index (χ1) is 6.50. The highest BCUT2D eigenvalue weighted by molar-refractivity contribution is 5.76. The predicted octanol–water partition coefficient (Wildman–Crippen LogP) is 1.06. The molecule has 82 valence electrons. The third-order valence-corrected chi connectivity index (χ3v) is 3.16. The summed E-state index contributed by atoms with van der Waals surface area (Å²) in [4.78, 5) is 13.2. The smallest absolute Gasteiger partial charge is 0.131 e. The Bertz CT molecular complexity index is 205. The molecular formula is C11H21NO2. The maximum atomic E-state index is 11.0. The van der Waals surface area contributed by atoms with Crippen LogP contribution in [0.1, 0.15) is 33.6 Å². The summed E-state index contributed by atoms with van der Waals surface area (Å²) >= 11 is 0. The van der Waals surface area contributed by atoms with Crippen molar-refractivity contribution in [1.29, 1.82) is 0 Å². The van der Waals surface area contributed by atoms with Crippen molar-refractivity contribution in [3.05, 3.63) is 0 Å². The van der Waals surface area contributed by atoms with Crippen LogP contribution in [-0.2, 0) is 4.79 Å². The number of aliphatic hydroxyl groups is 1. The van der Waals surface area contributed by atoms with Gasteiger partial charge in [0, 0.05) is 19.0 Å². The van der Waals surface area contributed by atoms with Crippen molar-refractivity contribution in [2.24, 2.45) is 5.92 Å². The number of ketones is 1. The lowest BCUT2D eigenvalue weighted by Gasteiger charge is -2.37. The third-order valence-electron chi connectivity index (χ3n) is 3.16. The van der Waals surface area contributed by atoms with E-state index in [0.29, 0.717) is 12.3 Å². The molecule has 3 unspecified atom stereocenters. The van der Waals surface area contributed by atoms with Crippen molar-refractivity contribution in [2.45, 2.75) is 45.8 Å². The standard InChI is InChI=1S/C11H21NO2/c1-8-4-5-12(7-11(8)14)9(2)6-10(3)13/h8-9,11,14H,4-7H2,1-3H3. The second-order valence-electron chi connectivity index (χ2n) is 4.58. The minimum Gasteiger partial charge on any atom is -0.392 e. The molecule has 1 N–H and O–H groups in total. The van der Waals surface area contributed by atoms with Gasteiger partial charge in [0.2, 0.25) is 0 Å². The van der Waals surface area contributed by atoms with Gasteiger partial charge in [-0.3, -0.25) is 9.69 Å². The molecule has 0 bridgehead atoms. The minimum absolute atomic E-state index is 0.224. The van der Waals surface area contributed by atoms with Crippen molar-refractivity contribution in [3.8, 4) is 0 Å². The Labute approximate surface area is 86.1 Å². The summed E-state index contributed by atoms with van der Waals surface area (Å²) in [6.45, 7) is 7.49. The summed E-state index contributed by atoms with van der Waals surface area (Å²) in [7, 11) is 0. The van der Waals surface area contributed by atoms with Crippen LogP contribution in [0.3, 0.4) is 0 Å². The van der Waals surface area contributed by atoms with Gasteiger partial charge < -0.3 is 5.11 Å². The van der Waals surface area contributed by atoms with E-state index < -0.39 is 0 Å². The van der Waals surface area contributed by atoms with E-state index >= 15 is 0 Å². The normalized spacial score (nSPS) is 31.4. The Hall–Kier alpha value is -0.410. The van der Waals surface area contributed by atoms with Crippen LogP contribution in [0.2, 0.25) is 0 Å². The zero-order valence-electron chi connectivity index (χ0n) is 9.36. The van der Waals surface area contributed by atoms with Gasteiger partial charge in [0.1, 0.15) is 5.78 Å². The molecule has 14 heavy (non-hydrogen) atoms. The average molecular weight is 199 g/mol. The van der Waals surface area contributed by atoms with Gasteiger partial charge in [0.25, 0.3) is 0 Å². The zero-order valence-corrected chi connectivity index (χ0v) is 9.36. The van der Waals surface area contributed by atoms with Crippen LogP contribution >= 0.6 is 0 Å². The number of piperidine rings is 1. The molecule has 1 fully saturated rings. The molecule has 0 amide bonds. The van der Waals surface area contributed by atoms with Crippen molar-refractivity contribution in [2.75, 3.05) is 13.1 Å². The number of Topliss-reactive ketones (excluding diaryl/α,β-unsaturated/α-hetero) is 1. The highest BCUT2D eigenvalue weighted by Crippen LogP contribution is 2.19. The number of rotatable bonds is 3. The van der Waals surface area contributed by atoms with E-state index in [1.165, 1.54) is 0 Å².